The molecule has 6 heteroatoms. The zero-order valence-corrected chi connectivity index (χ0v) is 17.2. The van der Waals surface area contributed by atoms with E-state index in [1.165, 1.54) is 103 Å². The Balaban J connectivity index is 0. The molecular formula is C18H37CuO4P. The van der Waals surface area contributed by atoms with Gasteiger partial charge in [0.15, 0.2) is 0 Å². The quantitative estimate of drug-likeness (QED) is 0.214. The normalized spacial score (nSPS) is 11.2. The third kappa shape index (κ3) is 38.3. The van der Waals surface area contributed by atoms with Crippen molar-refractivity contribution in [1.29, 1.82) is 0 Å². The van der Waals surface area contributed by atoms with Crippen LogP contribution in [0.5, 0.6) is 0 Å². The molecule has 0 heterocycles. The molecule has 0 atom stereocenters. The van der Waals surface area contributed by atoms with Gasteiger partial charge in [0.1, 0.15) is 0 Å². The molecule has 0 amide bonds. The Kier molecular flexibility index (Phi) is 24.2. The Morgan fingerprint density at radius 2 is 0.792 bits per heavy atom. The summed E-state index contributed by atoms with van der Waals surface area (Å²) in [6.45, 7) is 2.29. The van der Waals surface area contributed by atoms with Crippen molar-refractivity contribution < 1.29 is 35.3 Å². The smallest absolute Gasteiger partial charge is 0.159 e. The predicted octanol–water partition coefficient (Wildman–Crippen LogP) is 4.39. The first kappa shape index (κ1) is 26.9. The third-order valence-corrected chi connectivity index (χ3v) is 4.29. The average molecular weight is 412 g/mol. The van der Waals surface area contributed by atoms with Crippen LogP contribution in [0.15, 0.2) is 0 Å². The minimum absolute atomic E-state index is 0.936. The molecule has 24 heavy (non-hydrogen) atoms. The second kappa shape index (κ2) is 21.7. The molecule has 0 bridgehead atoms. The van der Waals surface area contributed by atoms with Gasteiger partial charge in [-0.25, -0.2) is 0 Å². The molecule has 0 aromatic rings. The van der Waals surface area contributed by atoms with Crippen LogP contribution in [0.2, 0.25) is 5.32 Å². The molecule has 0 aliphatic rings. The summed E-state index contributed by atoms with van der Waals surface area (Å²) in [7, 11) is -5.39. The van der Waals surface area contributed by atoms with Gasteiger partial charge in [0.05, 0.1) is 0 Å². The van der Waals surface area contributed by atoms with E-state index in [4.69, 9.17) is 35.3 Å². The molecule has 4 nitrogen and oxygen atoms in total. The minimum Gasteiger partial charge on any atom is -0.822 e. The molecule has 0 aliphatic heterocycles. The van der Waals surface area contributed by atoms with Crippen molar-refractivity contribution in [3.05, 3.63) is 0 Å². The van der Waals surface area contributed by atoms with Crippen molar-refractivity contribution >= 4 is 7.82 Å². The zero-order valence-electron chi connectivity index (χ0n) is 15.4. The van der Waals surface area contributed by atoms with E-state index in [2.05, 4.69) is 6.92 Å². The Morgan fingerprint density at radius 3 is 1.00 bits per heavy atom. The summed E-state index contributed by atoms with van der Waals surface area (Å²) in [6.07, 6.45) is 22.9. The summed E-state index contributed by atoms with van der Waals surface area (Å²) in [4.78, 5) is 25.6. The third-order valence-electron chi connectivity index (χ3n) is 3.96. The van der Waals surface area contributed by atoms with E-state index in [1.807, 2.05) is 0 Å². The number of phosphoric acid groups is 1. The molecule has 0 saturated heterocycles. The van der Waals surface area contributed by atoms with Crippen molar-refractivity contribution in [2.24, 2.45) is 0 Å². The molecule has 0 aliphatic carbocycles. The van der Waals surface area contributed by atoms with Crippen LogP contribution in [0.4, 0.5) is 0 Å². The van der Waals surface area contributed by atoms with Gasteiger partial charge < -0.3 is 19.2 Å². The second-order valence-corrected chi connectivity index (χ2v) is 7.77. The van der Waals surface area contributed by atoms with Crippen molar-refractivity contribution in [3.63, 3.8) is 0 Å². The van der Waals surface area contributed by atoms with Crippen LogP contribution in [-0.4, -0.2) is 0 Å². The van der Waals surface area contributed by atoms with Crippen LogP contribution in [0.1, 0.15) is 110 Å². The van der Waals surface area contributed by atoms with Crippen molar-refractivity contribution in [2.75, 3.05) is 0 Å². The average Bonchev–Trinajstić information content (AvgIpc) is 2.49. The van der Waals surface area contributed by atoms with Gasteiger partial charge in [-0.3, -0.25) is 0 Å². The Hall–Kier alpha value is 0.629. The van der Waals surface area contributed by atoms with E-state index < -0.39 is 7.82 Å². The van der Waals surface area contributed by atoms with E-state index in [0.717, 1.165) is 5.32 Å². The van der Waals surface area contributed by atoms with Crippen molar-refractivity contribution in [2.45, 2.75) is 115 Å². The van der Waals surface area contributed by atoms with Crippen LogP contribution in [0.3, 0.4) is 0 Å². The molecule has 0 saturated carbocycles. The summed E-state index contributed by atoms with van der Waals surface area (Å²) >= 11 is 5.08. The number of hydrogen-bond acceptors (Lipinski definition) is 4. The Bertz CT molecular complexity index is 247. The van der Waals surface area contributed by atoms with Gasteiger partial charge in [-0.1, -0.05) is 39.0 Å². The molecule has 0 aromatic heterocycles. The predicted molar refractivity (Wildman–Crippen MR) is 92.0 cm³/mol. The largest absolute Gasteiger partial charge is 0.822 e. The van der Waals surface area contributed by atoms with Crippen LogP contribution >= 0.6 is 7.82 Å². The van der Waals surface area contributed by atoms with Gasteiger partial charge >= 0.3 is 92.0 Å². The first-order valence-electron chi connectivity index (χ1n) is 9.65. The van der Waals surface area contributed by atoms with Gasteiger partial charge in [-0.2, -0.15) is 7.82 Å². The van der Waals surface area contributed by atoms with Gasteiger partial charge in [0, 0.05) is 0 Å². The monoisotopic (exact) mass is 411 g/mol. The van der Waals surface area contributed by atoms with E-state index in [9.17, 15) is 0 Å². The zero-order chi connectivity index (χ0) is 18.5. The fourth-order valence-electron chi connectivity index (χ4n) is 2.62. The first-order valence-corrected chi connectivity index (χ1v) is 11.8. The van der Waals surface area contributed by atoms with Crippen LogP contribution in [0, 0.1) is 0 Å². The second-order valence-electron chi connectivity index (χ2n) is 6.40. The fraction of sp³-hybridized carbons (Fsp3) is 1.00. The SMILES string of the molecule is CCCCCCCCCCCCCCCCC[CH2][Cu+3].O=P([O-])([O-])[O-]. The van der Waals surface area contributed by atoms with E-state index in [1.54, 1.807) is 0 Å². The molecule has 0 rings (SSSR count). The Labute approximate surface area is 158 Å². The van der Waals surface area contributed by atoms with Gasteiger partial charge in [0.25, 0.3) is 0 Å². The topological polar surface area (TPSA) is 86.2 Å². The maximum Gasteiger partial charge on any atom is -0.159 e. The standard InChI is InChI=1S/C18H37.Cu.H3O4P/c1-3-5-7-9-11-13-15-17-18-16-14-12-10-8-6-4-2;;1-5(2,3)4/h1,3-18H2,2H3;;(H3,1,2,3,4)/q;+3;/p-3. The molecule has 0 N–H and O–H groups in total. The first-order chi connectivity index (χ1) is 11.4. The van der Waals surface area contributed by atoms with Crippen LogP contribution in [0.25, 0.3) is 0 Å². The van der Waals surface area contributed by atoms with E-state index in [-0.39, 0.29) is 0 Å². The van der Waals surface area contributed by atoms with Crippen molar-refractivity contribution in [1.82, 2.24) is 0 Å². The molecule has 149 valence electrons. The van der Waals surface area contributed by atoms with Crippen molar-refractivity contribution in [3.8, 4) is 0 Å². The number of rotatable bonds is 16. The molecule has 0 unspecified atom stereocenters. The van der Waals surface area contributed by atoms with Gasteiger partial charge in [0.2, 0.25) is 0 Å². The number of hydrogen-bond donors (Lipinski definition) is 0. The summed E-state index contributed by atoms with van der Waals surface area (Å²) in [5, 5.41) is 0.936. The van der Waals surface area contributed by atoms with E-state index in [0.29, 0.717) is 0 Å². The summed E-state index contributed by atoms with van der Waals surface area (Å²) in [5.41, 5.74) is 0. The maximum atomic E-state index is 8.55. The van der Waals surface area contributed by atoms with Gasteiger partial charge in [-0.15, -0.1) is 0 Å². The van der Waals surface area contributed by atoms with Crippen LogP contribution in [-0.2, 0) is 20.6 Å². The number of unbranched alkanes of at least 4 members (excludes halogenated alkanes) is 15. The molecule has 0 spiro atoms. The van der Waals surface area contributed by atoms with Crippen LogP contribution < -0.4 is 14.7 Å². The fourth-order valence-corrected chi connectivity index (χ4v) is 2.86. The summed E-state index contributed by atoms with van der Waals surface area (Å²) < 4.78 is 8.55. The molecular weight excluding hydrogens is 375 g/mol. The van der Waals surface area contributed by atoms with E-state index >= 15 is 0 Å². The maximum absolute atomic E-state index is 8.55. The summed E-state index contributed by atoms with van der Waals surface area (Å²) in [6, 6.07) is 0. The molecule has 0 aromatic carbocycles. The summed E-state index contributed by atoms with van der Waals surface area (Å²) in [5.74, 6) is 0. The molecule has 0 radical (unpaired) electrons. The van der Waals surface area contributed by atoms with Gasteiger partial charge in [-0.05, 0) is 0 Å². The minimum atomic E-state index is -5.39. The Morgan fingerprint density at radius 1 is 0.583 bits per heavy atom. The molecule has 0 fully saturated rings.